The van der Waals surface area contributed by atoms with E-state index in [1.54, 1.807) is 0 Å². The summed E-state index contributed by atoms with van der Waals surface area (Å²) in [6, 6.07) is 38.1. The predicted molar refractivity (Wildman–Crippen MR) is 231 cm³/mol. The lowest BCUT2D eigenvalue weighted by atomic mass is 9.53. The van der Waals surface area contributed by atoms with Crippen LogP contribution in [0.1, 0.15) is 23.5 Å². The molecule has 10 rings (SSSR count). The van der Waals surface area contributed by atoms with Gasteiger partial charge in [0, 0.05) is 39.2 Å². The number of aryl methyl sites for hydroxylation is 1. The molecule has 264 valence electrons. The quantitative estimate of drug-likeness (QED) is 0.172. The van der Waals surface area contributed by atoms with Crippen molar-refractivity contribution in [2.24, 2.45) is 0 Å². The van der Waals surface area contributed by atoms with Gasteiger partial charge in [-0.15, -0.1) is 5.47 Å². The van der Waals surface area contributed by atoms with Gasteiger partial charge < -0.3 is 14.7 Å². The van der Waals surface area contributed by atoms with E-state index >= 15 is 0 Å². The van der Waals surface area contributed by atoms with Crippen molar-refractivity contribution in [3.05, 3.63) is 173 Å². The highest BCUT2D eigenvalue weighted by Gasteiger charge is 2.41. The number of rotatable bonds is 6. The summed E-state index contributed by atoms with van der Waals surface area (Å²) in [7, 11) is 26.4. The van der Waals surface area contributed by atoms with E-state index in [1.807, 2.05) is 104 Å². The first-order valence-electron chi connectivity index (χ1n) is 18.9. The highest BCUT2D eigenvalue weighted by molar-refractivity contribution is 6.37. The largest absolute Gasteiger partial charge is 0.513 e. The average molecular weight is 729 g/mol. The van der Waals surface area contributed by atoms with E-state index < -0.39 is 11.6 Å². The Labute approximate surface area is 335 Å². The fourth-order valence-electron chi connectivity index (χ4n) is 8.29. The third-order valence-corrected chi connectivity index (χ3v) is 11.2. The first-order valence-corrected chi connectivity index (χ1v) is 18.9. The number of hydrogen-bond donors (Lipinski definition) is 1. The second-order valence-corrected chi connectivity index (χ2v) is 14.6. The maximum absolute atomic E-state index is 11.2. The van der Waals surface area contributed by atoms with Crippen LogP contribution in [0.15, 0.2) is 162 Å². The van der Waals surface area contributed by atoms with Gasteiger partial charge in [-0.25, -0.2) is 4.98 Å². The fraction of sp³-hybridized carbons (Fsp3) is 0.109. The van der Waals surface area contributed by atoms with Gasteiger partial charge in [0.2, 0.25) is 5.95 Å². The van der Waals surface area contributed by atoms with E-state index in [2.05, 4.69) is 45.9 Å². The normalized spacial score (nSPS) is 18.9. The molecule has 0 fully saturated rings. The van der Waals surface area contributed by atoms with Crippen LogP contribution < -0.4 is 9.64 Å². The third-order valence-electron chi connectivity index (χ3n) is 11.2. The molecule has 5 aromatic carbocycles. The topological polar surface area (TPSA) is 76.3 Å². The van der Waals surface area contributed by atoms with Crippen LogP contribution in [0.4, 0.5) is 5.69 Å². The molecule has 11 heteroatoms. The second-order valence-electron chi connectivity index (χ2n) is 14.6. The lowest BCUT2D eigenvalue weighted by molar-refractivity contribution is 0.383. The Kier molecular flexibility index (Phi) is 8.36. The van der Waals surface area contributed by atoms with E-state index in [0.29, 0.717) is 34.5 Å². The van der Waals surface area contributed by atoms with E-state index in [9.17, 15) is 5.11 Å². The summed E-state index contributed by atoms with van der Waals surface area (Å²) < 4.78 is 8.32. The molecule has 2 aromatic heterocycles. The highest BCUT2D eigenvalue weighted by Crippen LogP contribution is 2.56. The van der Waals surface area contributed by atoms with E-state index in [-0.39, 0.29) is 17.1 Å². The fourth-order valence-corrected chi connectivity index (χ4v) is 8.29. The molecule has 3 aliphatic rings. The van der Waals surface area contributed by atoms with Crippen LogP contribution in [0.2, 0.25) is 11.6 Å². The average Bonchev–Trinajstić information content (AvgIpc) is 3.77. The number of aliphatic hydroxyl groups excluding tert-OH is 1. The molecule has 0 saturated carbocycles. The zero-order valence-corrected chi connectivity index (χ0v) is 31.0. The number of fused-ring (bicyclic) bond motifs is 7. The van der Waals surface area contributed by atoms with Crippen molar-refractivity contribution in [1.82, 2.24) is 19.5 Å². The number of benzene rings is 5. The number of para-hydroxylation sites is 2. The molecule has 57 heavy (non-hydrogen) atoms. The van der Waals surface area contributed by atoms with Gasteiger partial charge in [-0.3, -0.25) is 4.57 Å². The molecule has 1 aliphatic heterocycles. The van der Waals surface area contributed by atoms with Crippen molar-refractivity contribution in [3.8, 4) is 40.2 Å². The summed E-state index contributed by atoms with van der Waals surface area (Å²) >= 11 is 0. The van der Waals surface area contributed by atoms with Crippen molar-refractivity contribution < 1.29 is 9.84 Å². The minimum atomic E-state index is -0.933. The van der Waals surface area contributed by atoms with Crippen LogP contribution in [0.3, 0.4) is 0 Å². The first kappa shape index (κ1) is 35.0. The maximum atomic E-state index is 11.2. The Hall–Kier alpha value is -6.47. The zero-order valence-electron chi connectivity index (χ0n) is 31.0. The van der Waals surface area contributed by atoms with Crippen LogP contribution in [-0.2, 0) is 0 Å². The summed E-state index contributed by atoms with van der Waals surface area (Å²) in [4.78, 5) is 17.5. The molecule has 7 aromatic rings. The molecule has 3 unspecified atom stereocenters. The summed E-state index contributed by atoms with van der Waals surface area (Å²) in [5, 5.41) is 13.2. The molecule has 0 spiro atoms. The van der Waals surface area contributed by atoms with Gasteiger partial charge in [-0.1, -0.05) is 96.8 Å². The number of allylic oxidation sites excluding steroid dienone is 7. The molecular formula is C46H31B4N5O2. The molecule has 8 radical (unpaired) electrons. The molecule has 0 bridgehead atoms. The minimum Gasteiger partial charge on any atom is -0.513 e. The first-order chi connectivity index (χ1) is 27.8. The Balaban J connectivity index is 1.23. The number of aliphatic hydroxyl groups is 1. The van der Waals surface area contributed by atoms with Crippen LogP contribution in [0, 0.1) is 6.92 Å². The van der Waals surface area contributed by atoms with E-state index in [1.165, 1.54) is 0 Å². The van der Waals surface area contributed by atoms with Crippen LogP contribution in [0.5, 0.6) is 11.5 Å². The minimum absolute atomic E-state index is 0.0165. The van der Waals surface area contributed by atoms with Gasteiger partial charge >= 0.3 is 0 Å². The standard InChI is InChI=1S/C46H31B4N5O2/c1-25-11-5-10-18-35(25)57-28-21-19-27(20-22-28)45-51-44(26-12-3-2-4-13-26)52-46(53-45)55-34-17-9-7-15-30(34)32-24-23-31-29-14-6-8-16-33(29)54(40(31)41(32)55)42-37(48)36(47)38(49)43(56)39(42)50/h2-13,15-24,29,36,38,56H,14H2,1H3. The number of anilines is 1. The molecular weight excluding hydrogens is 698 g/mol. The number of nitrogens with zero attached hydrogens (tertiary/aromatic N) is 5. The summed E-state index contributed by atoms with van der Waals surface area (Å²) in [6.07, 6.45) is 7.01. The molecule has 7 nitrogen and oxygen atoms in total. The predicted octanol–water partition coefficient (Wildman–Crippen LogP) is 9.40. The van der Waals surface area contributed by atoms with Crippen LogP contribution in [-0.4, -0.2) is 56.0 Å². The Bertz CT molecular complexity index is 2900. The highest BCUT2D eigenvalue weighted by atomic mass is 16.5. The maximum Gasteiger partial charge on any atom is 0.238 e. The van der Waals surface area contributed by atoms with Crippen molar-refractivity contribution in [2.45, 2.75) is 30.9 Å². The molecule has 3 atom stereocenters. The van der Waals surface area contributed by atoms with Gasteiger partial charge in [0.15, 0.2) is 11.6 Å². The Morgan fingerprint density at radius 3 is 2.21 bits per heavy atom. The summed E-state index contributed by atoms with van der Waals surface area (Å²) in [5.74, 6) is 0.933. The summed E-state index contributed by atoms with van der Waals surface area (Å²) in [5.41, 5.74) is 8.11. The van der Waals surface area contributed by atoms with Crippen molar-refractivity contribution >= 4 is 58.9 Å². The number of ether oxygens (including phenoxy) is 1. The molecule has 0 saturated heterocycles. The summed E-state index contributed by atoms with van der Waals surface area (Å²) in [6.45, 7) is 2.02. The second kappa shape index (κ2) is 13.6. The van der Waals surface area contributed by atoms with Gasteiger partial charge in [0.1, 0.15) is 27.2 Å². The monoisotopic (exact) mass is 729 g/mol. The molecule has 2 aliphatic carbocycles. The molecule has 0 amide bonds. The van der Waals surface area contributed by atoms with Crippen LogP contribution >= 0.6 is 0 Å². The Morgan fingerprint density at radius 2 is 1.44 bits per heavy atom. The zero-order chi connectivity index (χ0) is 38.9. The van der Waals surface area contributed by atoms with Gasteiger partial charge in [-0.2, -0.15) is 9.97 Å². The third kappa shape index (κ3) is 5.59. The lowest BCUT2D eigenvalue weighted by Crippen LogP contribution is -2.30. The number of aromatic nitrogens is 4. The van der Waals surface area contributed by atoms with Gasteiger partial charge in [-0.05, 0) is 78.2 Å². The Morgan fingerprint density at radius 1 is 0.737 bits per heavy atom. The molecule has 3 heterocycles. The van der Waals surface area contributed by atoms with Crippen molar-refractivity contribution in [3.63, 3.8) is 0 Å². The van der Waals surface area contributed by atoms with Gasteiger partial charge in [0.25, 0.3) is 0 Å². The molecule has 1 N–H and O–H groups in total. The lowest BCUT2D eigenvalue weighted by Gasteiger charge is -2.38. The van der Waals surface area contributed by atoms with Crippen molar-refractivity contribution in [1.29, 1.82) is 0 Å². The van der Waals surface area contributed by atoms with E-state index in [0.717, 1.165) is 67.6 Å². The smallest absolute Gasteiger partial charge is 0.238 e. The van der Waals surface area contributed by atoms with Crippen molar-refractivity contribution in [2.75, 3.05) is 4.90 Å². The van der Waals surface area contributed by atoms with E-state index in [4.69, 9.17) is 51.1 Å². The number of hydrogen-bond acceptors (Lipinski definition) is 6. The van der Waals surface area contributed by atoms with Crippen LogP contribution in [0.25, 0.3) is 50.5 Å². The SMILES string of the molecule is [B]C1=C(O)C([B])C([B])C([B])=C1N1C2=CC=CCC2c2ccc3c4ccccc4n(-c4nc(-c5ccccc5)nc(-c5ccc(Oc6ccccc6C)cc5)n4)c3c21. The van der Waals surface area contributed by atoms with Gasteiger partial charge in [0.05, 0.1) is 38.2 Å².